The van der Waals surface area contributed by atoms with Gasteiger partial charge in [0, 0.05) is 7.05 Å². The predicted molar refractivity (Wildman–Crippen MR) is 64.0 cm³/mol. The molecule has 6 heteroatoms. The van der Waals surface area contributed by atoms with Crippen LogP contribution in [0.5, 0.6) is 5.75 Å². The molecule has 0 fully saturated rings. The number of nitrogens with one attached hydrogen (secondary N) is 1. The number of amides is 1. The highest BCUT2D eigenvalue weighted by atomic mass is 35.5. The molecule has 0 saturated carbocycles. The number of nitrogens with two attached hydrogens (primary N) is 1. The lowest BCUT2D eigenvalue weighted by Gasteiger charge is -2.14. The van der Waals surface area contributed by atoms with Gasteiger partial charge in [-0.3, -0.25) is 4.79 Å². The van der Waals surface area contributed by atoms with E-state index in [4.69, 9.17) is 33.7 Å². The third-order valence-corrected chi connectivity index (χ3v) is 3.04. The zero-order valence-electron chi connectivity index (χ0n) is 8.88. The van der Waals surface area contributed by atoms with E-state index in [-0.39, 0.29) is 16.0 Å². The van der Waals surface area contributed by atoms with E-state index in [1.807, 2.05) is 0 Å². The molecule has 0 radical (unpaired) electrons. The second-order valence-corrected chi connectivity index (χ2v) is 3.83. The van der Waals surface area contributed by atoms with E-state index in [0.717, 1.165) is 0 Å². The Balaban J connectivity index is 3.17. The van der Waals surface area contributed by atoms with Crippen molar-refractivity contribution in [2.24, 2.45) is 5.73 Å². The molecule has 0 aliphatic carbocycles. The maximum Gasteiger partial charge on any atom is 0.241 e. The monoisotopic (exact) mass is 262 g/mol. The minimum absolute atomic E-state index is 0.233. The van der Waals surface area contributed by atoms with E-state index in [1.54, 1.807) is 12.1 Å². The summed E-state index contributed by atoms with van der Waals surface area (Å²) in [5.74, 6) is 0.114. The highest BCUT2D eigenvalue weighted by Gasteiger charge is 2.20. The van der Waals surface area contributed by atoms with Crippen molar-refractivity contribution in [1.29, 1.82) is 0 Å². The molecule has 1 aromatic rings. The molecule has 1 amide bonds. The SMILES string of the molecule is CNC(=O)C(N)c1ccc(OC)c(Cl)c1Cl. The second-order valence-electron chi connectivity index (χ2n) is 3.08. The zero-order chi connectivity index (χ0) is 12.3. The average molecular weight is 263 g/mol. The maximum atomic E-state index is 11.4. The van der Waals surface area contributed by atoms with Crippen LogP contribution in [0.1, 0.15) is 11.6 Å². The molecule has 0 heterocycles. The van der Waals surface area contributed by atoms with Crippen LogP contribution in [0.2, 0.25) is 10.0 Å². The molecule has 1 aromatic carbocycles. The van der Waals surface area contributed by atoms with Gasteiger partial charge < -0.3 is 15.8 Å². The Morgan fingerprint density at radius 1 is 1.44 bits per heavy atom. The third-order valence-electron chi connectivity index (χ3n) is 2.16. The van der Waals surface area contributed by atoms with Crippen molar-refractivity contribution in [2.45, 2.75) is 6.04 Å². The van der Waals surface area contributed by atoms with Gasteiger partial charge in [-0.05, 0) is 11.6 Å². The van der Waals surface area contributed by atoms with Gasteiger partial charge in [-0.15, -0.1) is 0 Å². The van der Waals surface area contributed by atoms with Crippen molar-refractivity contribution >= 4 is 29.1 Å². The van der Waals surface area contributed by atoms with Gasteiger partial charge >= 0.3 is 0 Å². The average Bonchev–Trinajstić information content (AvgIpc) is 2.30. The molecule has 0 aliphatic rings. The first-order valence-corrected chi connectivity index (χ1v) is 5.27. The lowest BCUT2D eigenvalue weighted by molar-refractivity contribution is -0.121. The summed E-state index contributed by atoms with van der Waals surface area (Å²) < 4.78 is 4.99. The molecular formula is C10H12Cl2N2O2. The number of methoxy groups -OCH3 is 1. The Morgan fingerprint density at radius 2 is 2.06 bits per heavy atom. The van der Waals surface area contributed by atoms with E-state index in [2.05, 4.69) is 5.32 Å². The number of rotatable bonds is 3. The van der Waals surface area contributed by atoms with E-state index in [9.17, 15) is 4.79 Å². The Kier molecular flexibility index (Phi) is 4.41. The number of ether oxygens (including phenoxy) is 1. The number of likely N-dealkylation sites (N-methyl/N-ethyl adjacent to an activating group) is 1. The minimum atomic E-state index is -0.846. The minimum Gasteiger partial charge on any atom is -0.495 e. The van der Waals surface area contributed by atoms with Gasteiger partial charge in [0.25, 0.3) is 0 Å². The fraction of sp³-hybridized carbons (Fsp3) is 0.300. The molecule has 3 N–H and O–H groups in total. The molecule has 0 aromatic heterocycles. The number of halogens is 2. The molecule has 16 heavy (non-hydrogen) atoms. The summed E-state index contributed by atoms with van der Waals surface area (Å²) >= 11 is 11.9. The number of carbonyl (C=O) groups excluding carboxylic acids is 1. The predicted octanol–water partition coefficient (Wildman–Crippen LogP) is 1.75. The number of hydrogen-bond donors (Lipinski definition) is 2. The molecule has 0 spiro atoms. The Bertz CT molecular complexity index is 410. The third kappa shape index (κ3) is 2.40. The van der Waals surface area contributed by atoms with Crippen LogP contribution in [0.25, 0.3) is 0 Å². The van der Waals surface area contributed by atoms with Gasteiger partial charge in [-0.2, -0.15) is 0 Å². The molecule has 4 nitrogen and oxygen atoms in total. The Labute approximate surface area is 104 Å². The van der Waals surface area contributed by atoms with Crippen molar-refractivity contribution < 1.29 is 9.53 Å². The Hall–Kier alpha value is -0.970. The summed E-state index contributed by atoms with van der Waals surface area (Å²) in [6.07, 6.45) is 0. The van der Waals surface area contributed by atoms with Gasteiger partial charge in [0.1, 0.15) is 16.8 Å². The zero-order valence-corrected chi connectivity index (χ0v) is 10.4. The van der Waals surface area contributed by atoms with Crippen LogP contribution in [0.3, 0.4) is 0 Å². The summed E-state index contributed by atoms with van der Waals surface area (Å²) in [7, 11) is 2.98. The first-order valence-electron chi connectivity index (χ1n) is 4.52. The van der Waals surface area contributed by atoms with E-state index < -0.39 is 6.04 Å². The largest absolute Gasteiger partial charge is 0.495 e. The van der Waals surface area contributed by atoms with E-state index in [1.165, 1.54) is 14.2 Å². The highest BCUT2D eigenvalue weighted by Crippen LogP contribution is 2.36. The van der Waals surface area contributed by atoms with Crippen molar-refractivity contribution in [3.05, 3.63) is 27.7 Å². The molecule has 0 bridgehead atoms. The fourth-order valence-corrected chi connectivity index (χ4v) is 1.76. The van der Waals surface area contributed by atoms with Crippen LogP contribution < -0.4 is 15.8 Å². The lowest BCUT2D eigenvalue weighted by Crippen LogP contribution is -2.31. The molecule has 1 rings (SSSR count). The van der Waals surface area contributed by atoms with Gasteiger partial charge in [0.2, 0.25) is 5.91 Å². The lowest BCUT2D eigenvalue weighted by atomic mass is 10.1. The molecule has 88 valence electrons. The van der Waals surface area contributed by atoms with Crippen molar-refractivity contribution in [3.8, 4) is 5.75 Å². The van der Waals surface area contributed by atoms with Gasteiger partial charge in [-0.1, -0.05) is 29.3 Å². The summed E-state index contributed by atoms with van der Waals surface area (Å²) in [5, 5.41) is 2.93. The van der Waals surface area contributed by atoms with E-state index >= 15 is 0 Å². The van der Waals surface area contributed by atoms with Crippen LogP contribution in [-0.2, 0) is 4.79 Å². The van der Waals surface area contributed by atoms with Crippen molar-refractivity contribution in [1.82, 2.24) is 5.32 Å². The van der Waals surface area contributed by atoms with Gasteiger partial charge in [0.15, 0.2) is 0 Å². The van der Waals surface area contributed by atoms with E-state index in [0.29, 0.717) is 11.3 Å². The van der Waals surface area contributed by atoms with Crippen LogP contribution in [0, 0.1) is 0 Å². The molecular weight excluding hydrogens is 251 g/mol. The highest BCUT2D eigenvalue weighted by molar-refractivity contribution is 6.43. The number of hydrogen-bond acceptors (Lipinski definition) is 3. The quantitative estimate of drug-likeness (QED) is 0.873. The normalized spacial score (nSPS) is 12.1. The fourth-order valence-electron chi connectivity index (χ4n) is 1.24. The molecule has 0 saturated heterocycles. The summed E-state index contributed by atoms with van der Waals surface area (Å²) in [6.45, 7) is 0. The van der Waals surface area contributed by atoms with Crippen LogP contribution in [0.15, 0.2) is 12.1 Å². The number of benzene rings is 1. The smallest absolute Gasteiger partial charge is 0.241 e. The molecule has 1 unspecified atom stereocenters. The second kappa shape index (κ2) is 5.39. The van der Waals surface area contributed by atoms with Gasteiger partial charge in [-0.25, -0.2) is 0 Å². The molecule has 0 aliphatic heterocycles. The van der Waals surface area contributed by atoms with Crippen LogP contribution in [0.4, 0.5) is 0 Å². The topological polar surface area (TPSA) is 64.4 Å². The van der Waals surface area contributed by atoms with Crippen molar-refractivity contribution in [2.75, 3.05) is 14.2 Å². The first-order chi connectivity index (χ1) is 7.52. The summed E-state index contributed by atoms with van der Waals surface area (Å²) in [4.78, 5) is 11.4. The Morgan fingerprint density at radius 3 is 2.56 bits per heavy atom. The van der Waals surface area contributed by atoms with Crippen LogP contribution in [-0.4, -0.2) is 20.1 Å². The van der Waals surface area contributed by atoms with Crippen LogP contribution >= 0.6 is 23.2 Å². The maximum absolute atomic E-state index is 11.4. The van der Waals surface area contributed by atoms with Gasteiger partial charge in [0.05, 0.1) is 12.1 Å². The first kappa shape index (κ1) is 13.1. The van der Waals surface area contributed by atoms with Crippen molar-refractivity contribution in [3.63, 3.8) is 0 Å². The summed E-state index contributed by atoms with van der Waals surface area (Å²) in [6, 6.07) is 2.39. The number of carbonyl (C=O) groups is 1. The summed E-state index contributed by atoms with van der Waals surface area (Å²) in [5.41, 5.74) is 6.18. The molecule has 1 atom stereocenters. The standard InChI is InChI=1S/C10H12Cl2N2O2/c1-14-10(15)9(13)5-3-4-6(16-2)8(12)7(5)11/h3-4,9H,13H2,1-2H3,(H,14,15).